The largest absolute Gasteiger partial charge is 0.435 e. The molecule has 22 heavy (non-hydrogen) atoms. The van der Waals surface area contributed by atoms with Gasteiger partial charge in [0.1, 0.15) is 5.82 Å². The quantitative estimate of drug-likeness (QED) is 0.873. The van der Waals surface area contributed by atoms with Crippen molar-refractivity contribution in [2.75, 3.05) is 6.54 Å². The van der Waals surface area contributed by atoms with Crippen LogP contribution in [0.5, 0.6) is 0 Å². The fourth-order valence-electron chi connectivity index (χ4n) is 1.72. The molecule has 4 nitrogen and oxygen atoms in total. The van der Waals surface area contributed by atoms with Crippen molar-refractivity contribution in [3.8, 4) is 0 Å². The molecule has 0 atom stereocenters. The number of halogens is 5. The van der Waals surface area contributed by atoms with Gasteiger partial charge >= 0.3 is 6.18 Å². The van der Waals surface area contributed by atoms with E-state index in [9.17, 15) is 22.4 Å². The standard InChI is InChI=1S/C13H10ClF4N3O/c14-8-2-1-3-9(15)11(8)12(22)19-5-7-21-6-4-10(20-21)13(16,17)18/h1-4,6H,5,7H2,(H,19,22). The second-order valence-corrected chi connectivity index (χ2v) is 4.72. The molecule has 0 unspecified atom stereocenters. The second kappa shape index (κ2) is 6.35. The number of nitrogens with zero attached hydrogens (tertiary/aromatic N) is 2. The van der Waals surface area contributed by atoms with Crippen LogP contribution < -0.4 is 5.32 Å². The van der Waals surface area contributed by atoms with E-state index in [4.69, 9.17) is 11.6 Å². The molecule has 1 amide bonds. The van der Waals surface area contributed by atoms with E-state index in [1.54, 1.807) is 0 Å². The summed E-state index contributed by atoms with van der Waals surface area (Å²) in [7, 11) is 0. The van der Waals surface area contributed by atoms with Crippen LogP contribution in [-0.2, 0) is 12.7 Å². The van der Waals surface area contributed by atoms with E-state index in [1.165, 1.54) is 12.1 Å². The first kappa shape index (κ1) is 16.3. The Balaban J connectivity index is 1.94. The normalized spacial score (nSPS) is 11.5. The van der Waals surface area contributed by atoms with Crippen LogP contribution in [0.25, 0.3) is 0 Å². The van der Waals surface area contributed by atoms with Gasteiger partial charge in [0.25, 0.3) is 5.91 Å². The number of carbonyl (C=O) groups is 1. The minimum Gasteiger partial charge on any atom is -0.350 e. The van der Waals surface area contributed by atoms with Gasteiger partial charge in [-0.2, -0.15) is 18.3 Å². The highest BCUT2D eigenvalue weighted by atomic mass is 35.5. The first-order valence-corrected chi connectivity index (χ1v) is 6.49. The molecule has 9 heteroatoms. The molecule has 0 aliphatic heterocycles. The van der Waals surface area contributed by atoms with Gasteiger partial charge in [-0.3, -0.25) is 9.48 Å². The first-order chi connectivity index (χ1) is 10.3. The summed E-state index contributed by atoms with van der Waals surface area (Å²) in [5.41, 5.74) is -1.32. The van der Waals surface area contributed by atoms with Gasteiger partial charge in [-0.15, -0.1) is 0 Å². The number of rotatable bonds is 4. The van der Waals surface area contributed by atoms with E-state index in [1.807, 2.05) is 0 Å². The van der Waals surface area contributed by atoms with Crippen molar-refractivity contribution in [1.29, 1.82) is 0 Å². The van der Waals surface area contributed by atoms with Crippen LogP contribution in [0.1, 0.15) is 16.1 Å². The summed E-state index contributed by atoms with van der Waals surface area (Å²) in [4.78, 5) is 11.8. The van der Waals surface area contributed by atoms with Crippen LogP contribution in [0.4, 0.5) is 17.6 Å². The first-order valence-electron chi connectivity index (χ1n) is 6.12. The summed E-state index contributed by atoms with van der Waals surface area (Å²) in [6, 6.07) is 4.64. The van der Waals surface area contributed by atoms with Crippen LogP contribution in [-0.4, -0.2) is 22.2 Å². The minimum absolute atomic E-state index is 0.00783. The van der Waals surface area contributed by atoms with Crippen LogP contribution in [0.15, 0.2) is 30.5 Å². The van der Waals surface area contributed by atoms with Gasteiger partial charge in [0, 0.05) is 12.7 Å². The third-order valence-corrected chi connectivity index (χ3v) is 3.06. The lowest BCUT2D eigenvalue weighted by Gasteiger charge is -2.08. The molecular weight excluding hydrogens is 326 g/mol. The maximum atomic E-state index is 13.5. The molecule has 118 valence electrons. The molecule has 0 saturated carbocycles. The molecule has 0 aliphatic rings. The van der Waals surface area contributed by atoms with Gasteiger partial charge in [0.05, 0.1) is 17.1 Å². The number of carbonyl (C=O) groups excluding carboxylic acids is 1. The van der Waals surface area contributed by atoms with Gasteiger partial charge in [-0.25, -0.2) is 4.39 Å². The molecule has 1 heterocycles. The summed E-state index contributed by atoms with van der Waals surface area (Å²) in [5.74, 6) is -1.52. The van der Waals surface area contributed by atoms with E-state index in [-0.39, 0.29) is 23.7 Å². The lowest BCUT2D eigenvalue weighted by atomic mass is 10.2. The third kappa shape index (κ3) is 3.76. The lowest BCUT2D eigenvalue weighted by molar-refractivity contribution is -0.141. The number of nitrogens with one attached hydrogen (secondary N) is 1. The van der Waals surface area contributed by atoms with Gasteiger partial charge in [-0.1, -0.05) is 17.7 Å². The Hall–Kier alpha value is -2.09. The number of benzene rings is 1. The van der Waals surface area contributed by atoms with Crippen LogP contribution in [0.2, 0.25) is 5.02 Å². The van der Waals surface area contributed by atoms with Crippen LogP contribution in [0, 0.1) is 5.82 Å². The zero-order chi connectivity index (χ0) is 16.3. The van der Waals surface area contributed by atoms with Crippen molar-refractivity contribution in [2.24, 2.45) is 0 Å². The topological polar surface area (TPSA) is 46.9 Å². The van der Waals surface area contributed by atoms with Gasteiger partial charge in [-0.05, 0) is 18.2 Å². The molecule has 0 radical (unpaired) electrons. The molecule has 0 spiro atoms. The average Bonchev–Trinajstić information content (AvgIpc) is 2.87. The molecule has 0 bridgehead atoms. The highest BCUT2D eigenvalue weighted by Gasteiger charge is 2.33. The Labute approximate surface area is 127 Å². The van der Waals surface area contributed by atoms with Crippen molar-refractivity contribution in [2.45, 2.75) is 12.7 Å². The molecule has 0 saturated heterocycles. The Morgan fingerprint density at radius 1 is 1.32 bits per heavy atom. The van der Waals surface area contributed by atoms with Crippen LogP contribution >= 0.6 is 11.6 Å². The van der Waals surface area contributed by atoms with Gasteiger partial charge < -0.3 is 5.32 Å². The number of alkyl halides is 3. The zero-order valence-electron chi connectivity index (χ0n) is 11.0. The Morgan fingerprint density at radius 3 is 2.64 bits per heavy atom. The summed E-state index contributed by atoms with van der Waals surface area (Å²) in [6.45, 7) is -0.0175. The molecule has 1 N–H and O–H groups in total. The molecule has 2 aromatic rings. The van der Waals surface area contributed by atoms with Crippen molar-refractivity contribution in [3.63, 3.8) is 0 Å². The fourth-order valence-corrected chi connectivity index (χ4v) is 1.97. The van der Waals surface area contributed by atoms with Crippen molar-refractivity contribution in [3.05, 3.63) is 52.6 Å². The Kier molecular flexibility index (Phi) is 4.70. The number of hydrogen-bond donors (Lipinski definition) is 1. The van der Waals surface area contributed by atoms with Gasteiger partial charge in [0.2, 0.25) is 0 Å². The fraction of sp³-hybridized carbons (Fsp3) is 0.231. The highest BCUT2D eigenvalue weighted by Crippen LogP contribution is 2.27. The smallest absolute Gasteiger partial charge is 0.350 e. The van der Waals surface area contributed by atoms with Crippen LogP contribution in [0.3, 0.4) is 0 Å². The molecular formula is C13H10ClF4N3O. The maximum absolute atomic E-state index is 13.5. The molecule has 1 aromatic heterocycles. The third-order valence-electron chi connectivity index (χ3n) is 2.75. The Morgan fingerprint density at radius 2 is 2.05 bits per heavy atom. The zero-order valence-corrected chi connectivity index (χ0v) is 11.7. The Bertz CT molecular complexity index is 664. The van der Waals surface area contributed by atoms with E-state index >= 15 is 0 Å². The lowest BCUT2D eigenvalue weighted by Crippen LogP contribution is -2.28. The number of amides is 1. The van der Waals surface area contributed by atoms with E-state index in [0.717, 1.165) is 23.0 Å². The second-order valence-electron chi connectivity index (χ2n) is 4.31. The molecule has 1 aromatic carbocycles. The number of aromatic nitrogens is 2. The summed E-state index contributed by atoms with van der Waals surface area (Å²) in [5, 5.41) is 5.65. The monoisotopic (exact) mass is 335 g/mol. The summed E-state index contributed by atoms with van der Waals surface area (Å²) >= 11 is 5.73. The predicted octanol–water partition coefficient (Wildman–Crippen LogP) is 3.12. The molecule has 0 aliphatic carbocycles. The summed E-state index contributed by atoms with van der Waals surface area (Å²) in [6.07, 6.45) is -3.37. The molecule has 2 rings (SSSR count). The van der Waals surface area contributed by atoms with Crippen molar-refractivity contribution < 1.29 is 22.4 Å². The van der Waals surface area contributed by atoms with Gasteiger partial charge in [0.15, 0.2) is 5.69 Å². The minimum atomic E-state index is -4.52. The van der Waals surface area contributed by atoms with E-state index in [2.05, 4.69) is 10.4 Å². The summed E-state index contributed by atoms with van der Waals surface area (Å²) < 4.78 is 51.6. The van der Waals surface area contributed by atoms with Crippen molar-refractivity contribution >= 4 is 17.5 Å². The highest BCUT2D eigenvalue weighted by molar-refractivity contribution is 6.33. The van der Waals surface area contributed by atoms with E-state index < -0.39 is 23.6 Å². The molecule has 0 fully saturated rings. The average molecular weight is 336 g/mol. The van der Waals surface area contributed by atoms with Crippen molar-refractivity contribution in [1.82, 2.24) is 15.1 Å². The number of hydrogen-bond acceptors (Lipinski definition) is 2. The maximum Gasteiger partial charge on any atom is 0.435 e. The van der Waals surface area contributed by atoms with E-state index in [0.29, 0.717) is 0 Å². The predicted molar refractivity (Wildman–Crippen MR) is 71.0 cm³/mol. The SMILES string of the molecule is O=C(NCCn1ccc(C(F)(F)F)n1)c1c(F)cccc1Cl.